The van der Waals surface area contributed by atoms with Crippen LogP contribution in [0.1, 0.15) is 5.56 Å². The number of hydrogen-bond acceptors (Lipinski definition) is 3. The van der Waals surface area contributed by atoms with E-state index in [2.05, 4.69) is 5.32 Å². The summed E-state index contributed by atoms with van der Waals surface area (Å²) in [7, 11) is 1.48. The van der Waals surface area contributed by atoms with Gasteiger partial charge in [0, 0.05) is 18.3 Å². The van der Waals surface area contributed by atoms with Gasteiger partial charge in [-0.2, -0.15) is 0 Å². The number of nitrogens with one attached hydrogen (secondary N) is 1. The second-order valence-corrected chi connectivity index (χ2v) is 4.40. The number of rotatable bonds is 4. The lowest BCUT2D eigenvalue weighted by atomic mass is 10.2. The van der Waals surface area contributed by atoms with Gasteiger partial charge in [0.1, 0.15) is 5.82 Å². The fourth-order valence-electron chi connectivity index (χ4n) is 1.65. The smallest absolute Gasteiger partial charge is 0.160 e. The summed E-state index contributed by atoms with van der Waals surface area (Å²) in [6, 6.07) is 9.59. The maximum absolute atomic E-state index is 13.3. The Kier molecular flexibility index (Phi) is 4.12. The molecule has 19 heavy (non-hydrogen) atoms. The molecule has 0 unspecified atom stereocenters. The Morgan fingerprint density at radius 3 is 2.68 bits per heavy atom. The molecule has 0 amide bonds. The van der Waals surface area contributed by atoms with Gasteiger partial charge in [-0.3, -0.25) is 0 Å². The third-order valence-electron chi connectivity index (χ3n) is 2.66. The quantitative estimate of drug-likeness (QED) is 0.895. The molecule has 0 heterocycles. The van der Waals surface area contributed by atoms with E-state index in [1.54, 1.807) is 24.3 Å². The van der Waals surface area contributed by atoms with Crippen LogP contribution in [0.5, 0.6) is 11.5 Å². The van der Waals surface area contributed by atoms with E-state index < -0.39 is 5.82 Å². The first-order valence-corrected chi connectivity index (χ1v) is 6.03. The first kappa shape index (κ1) is 13.5. The summed E-state index contributed by atoms with van der Waals surface area (Å²) in [5.41, 5.74) is 1.48. The van der Waals surface area contributed by atoms with Crippen molar-refractivity contribution in [2.75, 3.05) is 12.4 Å². The van der Waals surface area contributed by atoms with Crippen molar-refractivity contribution in [3.05, 3.63) is 52.8 Å². The van der Waals surface area contributed by atoms with E-state index >= 15 is 0 Å². The number of halogens is 2. The van der Waals surface area contributed by atoms with Crippen LogP contribution < -0.4 is 10.1 Å². The van der Waals surface area contributed by atoms with Crippen LogP contribution in [0.2, 0.25) is 5.02 Å². The predicted molar refractivity (Wildman–Crippen MR) is 73.4 cm³/mol. The molecule has 2 rings (SSSR count). The molecule has 0 bridgehead atoms. The van der Waals surface area contributed by atoms with Crippen molar-refractivity contribution >= 4 is 17.3 Å². The third kappa shape index (κ3) is 3.29. The van der Waals surface area contributed by atoms with Crippen LogP contribution in [0.4, 0.5) is 10.1 Å². The van der Waals surface area contributed by atoms with Crippen molar-refractivity contribution in [1.29, 1.82) is 0 Å². The second kappa shape index (κ2) is 5.80. The van der Waals surface area contributed by atoms with Gasteiger partial charge in [0.2, 0.25) is 0 Å². The molecule has 3 nitrogen and oxygen atoms in total. The Labute approximate surface area is 115 Å². The number of aromatic hydroxyl groups is 1. The summed E-state index contributed by atoms with van der Waals surface area (Å²) in [6.45, 7) is 0.430. The van der Waals surface area contributed by atoms with Gasteiger partial charge in [0.05, 0.1) is 12.1 Å². The fourth-order valence-corrected chi connectivity index (χ4v) is 1.77. The molecule has 0 aliphatic rings. The van der Waals surface area contributed by atoms with Crippen LogP contribution in [0, 0.1) is 5.82 Å². The Morgan fingerprint density at radius 2 is 2.05 bits per heavy atom. The Morgan fingerprint density at radius 1 is 1.26 bits per heavy atom. The van der Waals surface area contributed by atoms with Crippen molar-refractivity contribution in [3.63, 3.8) is 0 Å². The van der Waals surface area contributed by atoms with Crippen LogP contribution in [-0.2, 0) is 6.54 Å². The Hall–Kier alpha value is -1.94. The minimum absolute atomic E-state index is 0.0507. The molecular weight excluding hydrogens is 269 g/mol. The van der Waals surface area contributed by atoms with Gasteiger partial charge in [-0.25, -0.2) is 4.39 Å². The normalized spacial score (nSPS) is 10.3. The number of hydrogen-bond donors (Lipinski definition) is 2. The third-order valence-corrected chi connectivity index (χ3v) is 2.97. The number of ether oxygens (including phenoxy) is 1. The van der Waals surface area contributed by atoms with Crippen LogP contribution >= 0.6 is 11.6 Å². The van der Waals surface area contributed by atoms with Crippen molar-refractivity contribution < 1.29 is 14.2 Å². The van der Waals surface area contributed by atoms with Gasteiger partial charge in [0.25, 0.3) is 0 Å². The summed E-state index contributed by atoms with van der Waals surface area (Å²) in [5, 5.41) is 12.8. The van der Waals surface area contributed by atoms with Gasteiger partial charge >= 0.3 is 0 Å². The lowest BCUT2D eigenvalue weighted by Gasteiger charge is -2.09. The Bertz CT molecular complexity index is 590. The van der Waals surface area contributed by atoms with Crippen molar-refractivity contribution in [2.45, 2.75) is 6.54 Å². The van der Waals surface area contributed by atoms with Crippen molar-refractivity contribution in [2.24, 2.45) is 0 Å². The number of phenols is 1. The van der Waals surface area contributed by atoms with Gasteiger partial charge in [0.15, 0.2) is 11.5 Å². The predicted octanol–water partition coefficient (Wildman–Crippen LogP) is 3.81. The highest BCUT2D eigenvalue weighted by Crippen LogP contribution is 2.28. The molecule has 5 heteroatoms. The van der Waals surface area contributed by atoms with Crippen molar-refractivity contribution in [3.8, 4) is 11.5 Å². The lowest BCUT2D eigenvalue weighted by Crippen LogP contribution is -2.00. The molecule has 0 aliphatic carbocycles. The highest BCUT2D eigenvalue weighted by molar-refractivity contribution is 6.30. The molecule has 0 spiro atoms. The highest BCUT2D eigenvalue weighted by atomic mass is 35.5. The molecule has 2 aromatic carbocycles. The van der Waals surface area contributed by atoms with E-state index in [0.717, 1.165) is 5.56 Å². The van der Waals surface area contributed by atoms with E-state index in [4.69, 9.17) is 16.3 Å². The van der Waals surface area contributed by atoms with Crippen LogP contribution in [-0.4, -0.2) is 12.2 Å². The molecule has 2 N–H and O–H groups in total. The lowest BCUT2D eigenvalue weighted by molar-refractivity contribution is 0.373. The second-order valence-electron chi connectivity index (χ2n) is 3.99. The average Bonchev–Trinajstić information content (AvgIpc) is 2.40. The molecule has 0 saturated carbocycles. The van der Waals surface area contributed by atoms with Crippen LogP contribution in [0.15, 0.2) is 36.4 Å². The average molecular weight is 282 g/mol. The number of phenolic OH excluding ortho intramolecular Hbond substituents is 1. The van der Waals surface area contributed by atoms with E-state index in [1.165, 1.54) is 19.2 Å². The first-order chi connectivity index (χ1) is 9.10. The molecule has 0 aromatic heterocycles. The zero-order chi connectivity index (χ0) is 13.8. The summed E-state index contributed by atoms with van der Waals surface area (Å²) in [4.78, 5) is 0. The molecule has 0 radical (unpaired) electrons. The molecule has 0 aliphatic heterocycles. The maximum Gasteiger partial charge on any atom is 0.160 e. The summed E-state index contributed by atoms with van der Waals surface area (Å²) in [5.74, 6) is 0.0106. The largest absolute Gasteiger partial charge is 0.504 e. The Balaban J connectivity index is 2.05. The molecule has 0 fully saturated rings. The standard InChI is InChI=1S/C14H13ClFNO2/c1-19-14-5-3-10(7-13(14)18)17-8-9-2-4-11(15)12(16)6-9/h2-7,17-18H,8H2,1H3. The molecule has 0 atom stereocenters. The van der Waals surface area contributed by atoms with E-state index in [0.29, 0.717) is 18.0 Å². The SMILES string of the molecule is COc1ccc(NCc2ccc(Cl)c(F)c2)cc1O. The van der Waals surface area contributed by atoms with Crippen LogP contribution in [0.25, 0.3) is 0 Å². The van der Waals surface area contributed by atoms with Gasteiger partial charge < -0.3 is 15.2 Å². The summed E-state index contributed by atoms with van der Waals surface area (Å²) >= 11 is 5.61. The summed E-state index contributed by atoms with van der Waals surface area (Å²) < 4.78 is 18.2. The van der Waals surface area contributed by atoms with E-state index in [9.17, 15) is 9.50 Å². The van der Waals surface area contributed by atoms with Crippen LogP contribution in [0.3, 0.4) is 0 Å². The topological polar surface area (TPSA) is 41.5 Å². The number of methoxy groups -OCH3 is 1. The fraction of sp³-hybridized carbons (Fsp3) is 0.143. The molecule has 100 valence electrons. The number of benzene rings is 2. The summed E-state index contributed by atoms with van der Waals surface area (Å²) in [6.07, 6.45) is 0. The molecule has 0 saturated heterocycles. The van der Waals surface area contributed by atoms with Gasteiger partial charge in [-0.15, -0.1) is 0 Å². The number of anilines is 1. The minimum atomic E-state index is -0.446. The monoisotopic (exact) mass is 281 g/mol. The highest BCUT2D eigenvalue weighted by Gasteiger charge is 2.04. The minimum Gasteiger partial charge on any atom is -0.504 e. The molecular formula is C14H13ClFNO2. The van der Waals surface area contributed by atoms with Gasteiger partial charge in [-0.1, -0.05) is 17.7 Å². The van der Waals surface area contributed by atoms with E-state index in [-0.39, 0.29) is 10.8 Å². The van der Waals surface area contributed by atoms with E-state index in [1.807, 2.05) is 0 Å². The van der Waals surface area contributed by atoms with Crippen molar-refractivity contribution in [1.82, 2.24) is 0 Å². The maximum atomic E-state index is 13.3. The molecule has 2 aromatic rings. The zero-order valence-corrected chi connectivity index (χ0v) is 11.0. The zero-order valence-electron chi connectivity index (χ0n) is 10.3. The first-order valence-electron chi connectivity index (χ1n) is 5.65. The van der Waals surface area contributed by atoms with Gasteiger partial charge in [-0.05, 0) is 29.8 Å².